The summed E-state index contributed by atoms with van der Waals surface area (Å²) in [4.78, 5) is 0. The molecule has 0 aliphatic carbocycles. The maximum atomic E-state index is 10.8. The summed E-state index contributed by atoms with van der Waals surface area (Å²) in [6.07, 6.45) is 2.74. The third kappa shape index (κ3) is 3.24. The number of rotatable bonds is 3. The summed E-state index contributed by atoms with van der Waals surface area (Å²) < 4.78 is 5.70. The van der Waals surface area contributed by atoms with Crippen LogP contribution < -0.4 is 10.1 Å². The highest BCUT2D eigenvalue weighted by molar-refractivity contribution is 5.32. The van der Waals surface area contributed by atoms with E-state index in [2.05, 4.69) is 5.32 Å². The van der Waals surface area contributed by atoms with E-state index >= 15 is 0 Å². The molecule has 0 aromatic heterocycles. The molecule has 0 amide bonds. The number of aliphatic hydroxyl groups is 1. The molecule has 1 saturated heterocycles. The molecule has 2 rings (SSSR count). The van der Waals surface area contributed by atoms with E-state index < -0.39 is 5.60 Å². The molecule has 2 N–H and O–H groups in total. The molecule has 18 heavy (non-hydrogen) atoms. The van der Waals surface area contributed by atoms with Crippen LogP contribution >= 0.6 is 0 Å². The van der Waals surface area contributed by atoms with E-state index in [0.717, 1.165) is 43.7 Å². The lowest BCUT2D eigenvalue weighted by Crippen LogP contribution is -2.27. The quantitative estimate of drug-likeness (QED) is 0.864. The van der Waals surface area contributed by atoms with E-state index in [-0.39, 0.29) is 6.10 Å². The molecular weight excluding hydrogens is 226 g/mol. The summed E-state index contributed by atoms with van der Waals surface area (Å²) >= 11 is 0. The summed E-state index contributed by atoms with van der Waals surface area (Å²) in [5, 5.41) is 14.1. The number of nitrogens with one attached hydrogen (secondary N) is 1. The van der Waals surface area contributed by atoms with E-state index in [0.29, 0.717) is 0 Å². The first-order chi connectivity index (χ1) is 8.60. The lowest BCUT2D eigenvalue weighted by Gasteiger charge is -2.27. The summed E-state index contributed by atoms with van der Waals surface area (Å²) in [6.45, 7) is 5.88. The van der Waals surface area contributed by atoms with Gasteiger partial charge in [-0.1, -0.05) is 12.1 Å². The summed E-state index contributed by atoms with van der Waals surface area (Å²) in [7, 11) is 0. The minimum Gasteiger partial charge on any atom is -0.491 e. The van der Waals surface area contributed by atoms with Crippen molar-refractivity contribution in [2.45, 2.75) is 44.8 Å². The Morgan fingerprint density at radius 2 is 2.11 bits per heavy atom. The van der Waals surface area contributed by atoms with Crippen LogP contribution in [0.2, 0.25) is 0 Å². The van der Waals surface area contributed by atoms with Crippen LogP contribution in [0.3, 0.4) is 0 Å². The number of benzene rings is 1. The van der Waals surface area contributed by atoms with Gasteiger partial charge in [-0.3, -0.25) is 0 Å². The second-order valence-corrected chi connectivity index (χ2v) is 5.33. The van der Waals surface area contributed by atoms with Gasteiger partial charge in [0, 0.05) is 0 Å². The molecule has 1 aliphatic heterocycles. The monoisotopic (exact) mass is 249 g/mol. The average molecular weight is 249 g/mol. The van der Waals surface area contributed by atoms with Gasteiger partial charge in [0.2, 0.25) is 0 Å². The smallest absolute Gasteiger partial charge is 0.120 e. The fraction of sp³-hybridized carbons (Fsp3) is 0.600. The van der Waals surface area contributed by atoms with Gasteiger partial charge in [-0.2, -0.15) is 0 Å². The predicted octanol–water partition coefficient (Wildman–Crippen LogP) is 2.43. The van der Waals surface area contributed by atoms with Crippen molar-refractivity contribution in [1.82, 2.24) is 5.32 Å². The third-order valence-corrected chi connectivity index (χ3v) is 3.40. The molecule has 1 aromatic carbocycles. The van der Waals surface area contributed by atoms with Gasteiger partial charge in [-0.25, -0.2) is 0 Å². The van der Waals surface area contributed by atoms with E-state index in [1.807, 2.05) is 38.1 Å². The van der Waals surface area contributed by atoms with Gasteiger partial charge < -0.3 is 15.2 Å². The van der Waals surface area contributed by atoms with Crippen molar-refractivity contribution in [3.63, 3.8) is 0 Å². The van der Waals surface area contributed by atoms with Gasteiger partial charge in [-0.15, -0.1) is 0 Å². The van der Waals surface area contributed by atoms with Gasteiger partial charge in [0.15, 0.2) is 0 Å². The van der Waals surface area contributed by atoms with Gasteiger partial charge in [0.1, 0.15) is 5.75 Å². The highest BCUT2D eigenvalue weighted by atomic mass is 16.5. The standard InChI is InChI=1S/C15H23NO2/c1-12(2)18-14-6-3-5-13(11-14)15(17)7-4-9-16-10-8-15/h3,5-6,11-12,16-17H,4,7-10H2,1-2H3. The third-order valence-electron chi connectivity index (χ3n) is 3.40. The fourth-order valence-corrected chi connectivity index (χ4v) is 2.47. The van der Waals surface area contributed by atoms with Gasteiger partial charge >= 0.3 is 0 Å². The molecule has 1 unspecified atom stereocenters. The molecular formula is C15H23NO2. The first kappa shape index (κ1) is 13.4. The Morgan fingerprint density at radius 1 is 1.28 bits per heavy atom. The van der Waals surface area contributed by atoms with Gasteiger partial charge in [-0.05, 0) is 63.9 Å². The second kappa shape index (κ2) is 5.72. The van der Waals surface area contributed by atoms with Crippen LogP contribution in [-0.4, -0.2) is 24.3 Å². The minimum absolute atomic E-state index is 0.158. The molecule has 3 nitrogen and oxygen atoms in total. The molecule has 0 spiro atoms. The van der Waals surface area contributed by atoms with Crippen LogP contribution in [0, 0.1) is 0 Å². The lowest BCUT2D eigenvalue weighted by atomic mass is 9.87. The molecule has 1 heterocycles. The van der Waals surface area contributed by atoms with Crippen LogP contribution in [0.4, 0.5) is 0 Å². The summed E-state index contributed by atoms with van der Waals surface area (Å²) in [5.74, 6) is 0.841. The molecule has 0 saturated carbocycles. The predicted molar refractivity (Wildman–Crippen MR) is 72.8 cm³/mol. The molecule has 1 aromatic rings. The maximum Gasteiger partial charge on any atom is 0.120 e. The Kier molecular flexibility index (Phi) is 4.25. The van der Waals surface area contributed by atoms with Crippen LogP contribution in [0.5, 0.6) is 5.75 Å². The van der Waals surface area contributed by atoms with E-state index in [9.17, 15) is 5.11 Å². The maximum absolute atomic E-state index is 10.8. The first-order valence-corrected chi connectivity index (χ1v) is 6.80. The molecule has 1 atom stereocenters. The van der Waals surface area contributed by atoms with Gasteiger partial charge in [0.25, 0.3) is 0 Å². The first-order valence-electron chi connectivity index (χ1n) is 6.80. The van der Waals surface area contributed by atoms with Crippen molar-refractivity contribution in [2.24, 2.45) is 0 Å². The Morgan fingerprint density at radius 3 is 2.89 bits per heavy atom. The number of ether oxygens (including phenoxy) is 1. The van der Waals surface area contributed by atoms with Crippen molar-refractivity contribution in [1.29, 1.82) is 0 Å². The second-order valence-electron chi connectivity index (χ2n) is 5.33. The highest BCUT2D eigenvalue weighted by Crippen LogP contribution is 2.33. The molecule has 0 bridgehead atoms. The Labute approximate surface area is 109 Å². The molecule has 1 aliphatic rings. The topological polar surface area (TPSA) is 41.5 Å². The molecule has 0 radical (unpaired) electrons. The van der Waals surface area contributed by atoms with Crippen molar-refractivity contribution >= 4 is 0 Å². The molecule has 1 fully saturated rings. The lowest BCUT2D eigenvalue weighted by molar-refractivity contribution is 0.0237. The van der Waals surface area contributed by atoms with Crippen LogP contribution in [0.25, 0.3) is 0 Å². The number of hydrogen-bond donors (Lipinski definition) is 2. The molecule has 100 valence electrons. The normalized spacial score (nSPS) is 24.9. The van der Waals surface area contributed by atoms with Crippen molar-refractivity contribution in [3.05, 3.63) is 29.8 Å². The van der Waals surface area contributed by atoms with Crippen LogP contribution in [0.1, 0.15) is 38.7 Å². The van der Waals surface area contributed by atoms with Crippen LogP contribution in [0.15, 0.2) is 24.3 Å². The summed E-state index contributed by atoms with van der Waals surface area (Å²) in [5.41, 5.74) is 0.268. The zero-order valence-corrected chi connectivity index (χ0v) is 11.3. The van der Waals surface area contributed by atoms with E-state index in [1.165, 1.54) is 0 Å². The van der Waals surface area contributed by atoms with Gasteiger partial charge in [0.05, 0.1) is 11.7 Å². The van der Waals surface area contributed by atoms with Crippen molar-refractivity contribution in [3.8, 4) is 5.75 Å². The Bertz CT molecular complexity index is 382. The zero-order chi connectivity index (χ0) is 13.0. The zero-order valence-electron chi connectivity index (χ0n) is 11.3. The largest absolute Gasteiger partial charge is 0.491 e. The Hall–Kier alpha value is -1.06. The number of hydrogen-bond acceptors (Lipinski definition) is 3. The fourth-order valence-electron chi connectivity index (χ4n) is 2.47. The SMILES string of the molecule is CC(C)Oc1cccc(C2(O)CCCNCC2)c1. The van der Waals surface area contributed by atoms with Crippen molar-refractivity contribution < 1.29 is 9.84 Å². The highest BCUT2D eigenvalue weighted by Gasteiger charge is 2.30. The minimum atomic E-state index is -0.708. The Balaban J connectivity index is 2.20. The average Bonchev–Trinajstić information content (AvgIpc) is 2.55. The van der Waals surface area contributed by atoms with Crippen LogP contribution in [-0.2, 0) is 5.60 Å². The van der Waals surface area contributed by atoms with E-state index in [4.69, 9.17) is 4.74 Å². The molecule has 3 heteroatoms. The van der Waals surface area contributed by atoms with Crippen molar-refractivity contribution in [2.75, 3.05) is 13.1 Å². The summed E-state index contributed by atoms with van der Waals surface area (Å²) in [6, 6.07) is 7.88. The van der Waals surface area contributed by atoms with E-state index in [1.54, 1.807) is 0 Å².